The van der Waals surface area contributed by atoms with Gasteiger partial charge in [0.25, 0.3) is 0 Å². The maximum atomic E-state index is 11.7. The zero-order valence-corrected chi connectivity index (χ0v) is 11.3. The van der Waals surface area contributed by atoms with E-state index in [9.17, 15) is 4.79 Å². The molecular formula is C16H16N2O2. The molecule has 2 aromatic rings. The smallest absolute Gasteiger partial charge is 0.328 e. The number of aromatic nitrogens is 1. The van der Waals surface area contributed by atoms with Gasteiger partial charge >= 0.3 is 5.97 Å². The van der Waals surface area contributed by atoms with E-state index in [4.69, 9.17) is 4.74 Å². The molecule has 0 radical (unpaired) electrons. The fourth-order valence-corrected chi connectivity index (χ4v) is 2.36. The Morgan fingerprint density at radius 3 is 3.05 bits per heavy atom. The van der Waals surface area contributed by atoms with Crippen molar-refractivity contribution in [3.8, 4) is 0 Å². The Labute approximate surface area is 117 Å². The van der Waals surface area contributed by atoms with Crippen molar-refractivity contribution in [2.45, 2.75) is 19.4 Å². The van der Waals surface area contributed by atoms with Gasteiger partial charge in [0.05, 0.1) is 17.8 Å². The highest BCUT2D eigenvalue weighted by atomic mass is 16.5. The fraction of sp³-hybridized carbons (Fsp3) is 0.250. The molecular weight excluding hydrogens is 252 g/mol. The van der Waals surface area contributed by atoms with Crippen LogP contribution in [0.1, 0.15) is 19.0 Å². The first-order chi connectivity index (χ1) is 9.78. The fourth-order valence-electron chi connectivity index (χ4n) is 2.36. The zero-order chi connectivity index (χ0) is 13.9. The summed E-state index contributed by atoms with van der Waals surface area (Å²) in [4.78, 5) is 16.3. The molecule has 0 bridgehead atoms. The molecule has 0 saturated carbocycles. The van der Waals surface area contributed by atoms with Crippen molar-refractivity contribution in [1.29, 1.82) is 0 Å². The minimum absolute atomic E-state index is 0.209. The normalized spacial score (nSPS) is 17.6. The van der Waals surface area contributed by atoms with E-state index in [-0.39, 0.29) is 12.0 Å². The van der Waals surface area contributed by atoms with Crippen LogP contribution < -0.4 is 5.32 Å². The van der Waals surface area contributed by atoms with Crippen LogP contribution in [0.4, 0.5) is 0 Å². The second-order valence-electron chi connectivity index (χ2n) is 4.73. The molecule has 20 heavy (non-hydrogen) atoms. The second-order valence-corrected chi connectivity index (χ2v) is 4.73. The SMILES string of the molecule is CCOC(=O)C1CC(c2ccc3ccccc3n2)=CN1. The molecule has 1 atom stereocenters. The first-order valence-electron chi connectivity index (χ1n) is 6.76. The highest BCUT2D eigenvalue weighted by Gasteiger charge is 2.25. The molecule has 2 heterocycles. The molecule has 1 aliphatic heterocycles. The maximum Gasteiger partial charge on any atom is 0.328 e. The molecule has 3 rings (SSSR count). The van der Waals surface area contributed by atoms with Gasteiger partial charge in [-0.1, -0.05) is 24.3 Å². The summed E-state index contributed by atoms with van der Waals surface area (Å²) in [6.45, 7) is 2.21. The summed E-state index contributed by atoms with van der Waals surface area (Å²) in [6, 6.07) is 11.7. The van der Waals surface area contributed by atoms with Crippen molar-refractivity contribution < 1.29 is 9.53 Å². The molecule has 1 aliphatic rings. The predicted octanol–water partition coefficient (Wildman–Crippen LogP) is 2.50. The van der Waals surface area contributed by atoms with Gasteiger partial charge in [0.1, 0.15) is 6.04 Å². The van der Waals surface area contributed by atoms with Crippen molar-refractivity contribution in [2.75, 3.05) is 6.61 Å². The van der Waals surface area contributed by atoms with Crippen molar-refractivity contribution >= 4 is 22.4 Å². The first-order valence-corrected chi connectivity index (χ1v) is 6.76. The Balaban J connectivity index is 1.81. The zero-order valence-electron chi connectivity index (χ0n) is 11.3. The Bertz CT molecular complexity index is 679. The lowest BCUT2D eigenvalue weighted by molar-refractivity contribution is -0.145. The molecule has 0 fully saturated rings. The number of pyridine rings is 1. The summed E-state index contributed by atoms with van der Waals surface area (Å²) in [6.07, 6.45) is 2.48. The van der Waals surface area contributed by atoms with Gasteiger partial charge in [-0.05, 0) is 24.6 Å². The lowest BCUT2D eigenvalue weighted by Gasteiger charge is -2.09. The minimum Gasteiger partial charge on any atom is -0.464 e. The molecule has 4 nitrogen and oxygen atoms in total. The van der Waals surface area contributed by atoms with Gasteiger partial charge in [-0.3, -0.25) is 0 Å². The summed E-state index contributed by atoms with van der Waals surface area (Å²) < 4.78 is 5.03. The summed E-state index contributed by atoms with van der Waals surface area (Å²) >= 11 is 0. The van der Waals surface area contributed by atoms with Gasteiger partial charge in [0, 0.05) is 18.0 Å². The molecule has 0 saturated heterocycles. The van der Waals surface area contributed by atoms with Crippen LogP contribution in [-0.4, -0.2) is 23.6 Å². The van der Waals surface area contributed by atoms with Crippen LogP contribution in [0, 0.1) is 0 Å². The Morgan fingerprint density at radius 2 is 2.20 bits per heavy atom. The average Bonchev–Trinajstić information content (AvgIpc) is 2.97. The number of esters is 1. The topological polar surface area (TPSA) is 51.2 Å². The molecule has 0 spiro atoms. The van der Waals surface area contributed by atoms with E-state index in [1.807, 2.05) is 43.5 Å². The second kappa shape index (κ2) is 5.33. The molecule has 1 unspecified atom stereocenters. The van der Waals surface area contributed by atoms with E-state index < -0.39 is 0 Å². The number of carbonyl (C=O) groups is 1. The van der Waals surface area contributed by atoms with E-state index in [2.05, 4.69) is 16.4 Å². The molecule has 0 amide bonds. The lowest BCUT2D eigenvalue weighted by atomic mass is 10.1. The molecule has 1 N–H and O–H groups in total. The number of hydrogen-bond acceptors (Lipinski definition) is 4. The first kappa shape index (κ1) is 12.7. The Kier molecular flexibility index (Phi) is 3.37. The highest BCUT2D eigenvalue weighted by Crippen LogP contribution is 2.24. The van der Waals surface area contributed by atoms with Crippen LogP contribution >= 0.6 is 0 Å². The number of para-hydroxylation sites is 1. The van der Waals surface area contributed by atoms with Gasteiger partial charge in [0.2, 0.25) is 0 Å². The largest absolute Gasteiger partial charge is 0.464 e. The third-order valence-electron chi connectivity index (χ3n) is 3.38. The van der Waals surface area contributed by atoms with Crippen LogP contribution in [0.5, 0.6) is 0 Å². The number of rotatable bonds is 3. The standard InChI is InChI=1S/C16H16N2O2/c1-2-20-16(19)15-9-12(10-17-15)14-8-7-11-5-3-4-6-13(11)18-14/h3-8,10,15,17H,2,9H2,1H3. The van der Waals surface area contributed by atoms with Crippen molar-refractivity contribution in [3.05, 3.63) is 48.3 Å². The Morgan fingerprint density at radius 1 is 1.35 bits per heavy atom. The summed E-state index contributed by atoms with van der Waals surface area (Å²) in [5, 5.41) is 4.18. The number of benzene rings is 1. The van der Waals surface area contributed by atoms with E-state index in [0.717, 1.165) is 22.2 Å². The maximum absolute atomic E-state index is 11.7. The van der Waals surface area contributed by atoms with Gasteiger partial charge in [-0.2, -0.15) is 0 Å². The number of hydrogen-bond donors (Lipinski definition) is 1. The van der Waals surface area contributed by atoms with Gasteiger partial charge in [-0.15, -0.1) is 0 Å². The van der Waals surface area contributed by atoms with Crippen LogP contribution in [0.3, 0.4) is 0 Å². The number of ether oxygens (including phenoxy) is 1. The summed E-state index contributed by atoms with van der Waals surface area (Å²) in [5.74, 6) is -0.209. The summed E-state index contributed by atoms with van der Waals surface area (Å²) in [5.41, 5.74) is 2.90. The molecule has 0 aliphatic carbocycles. The van der Waals surface area contributed by atoms with Crippen LogP contribution in [0.2, 0.25) is 0 Å². The number of fused-ring (bicyclic) bond motifs is 1. The number of nitrogens with one attached hydrogen (secondary N) is 1. The molecule has 102 valence electrons. The van der Waals surface area contributed by atoms with Crippen molar-refractivity contribution in [3.63, 3.8) is 0 Å². The van der Waals surface area contributed by atoms with E-state index >= 15 is 0 Å². The van der Waals surface area contributed by atoms with Gasteiger partial charge < -0.3 is 10.1 Å². The molecule has 4 heteroatoms. The van der Waals surface area contributed by atoms with Gasteiger partial charge in [0.15, 0.2) is 0 Å². The van der Waals surface area contributed by atoms with Crippen molar-refractivity contribution in [1.82, 2.24) is 10.3 Å². The third kappa shape index (κ3) is 2.37. The highest BCUT2D eigenvalue weighted by molar-refractivity contribution is 5.84. The minimum atomic E-state index is -0.293. The molecule has 1 aromatic carbocycles. The summed E-state index contributed by atoms with van der Waals surface area (Å²) in [7, 11) is 0. The van der Waals surface area contributed by atoms with Crippen LogP contribution in [0.15, 0.2) is 42.6 Å². The van der Waals surface area contributed by atoms with Gasteiger partial charge in [-0.25, -0.2) is 9.78 Å². The average molecular weight is 268 g/mol. The van der Waals surface area contributed by atoms with E-state index in [0.29, 0.717) is 13.0 Å². The van der Waals surface area contributed by atoms with Crippen molar-refractivity contribution in [2.24, 2.45) is 0 Å². The quantitative estimate of drug-likeness (QED) is 0.869. The third-order valence-corrected chi connectivity index (χ3v) is 3.38. The number of carbonyl (C=O) groups excluding carboxylic acids is 1. The Hall–Kier alpha value is -2.36. The van der Waals surface area contributed by atoms with E-state index in [1.165, 1.54) is 0 Å². The molecule has 1 aromatic heterocycles. The van der Waals surface area contributed by atoms with E-state index in [1.54, 1.807) is 0 Å². The predicted molar refractivity (Wildman–Crippen MR) is 77.9 cm³/mol. The number of nitrogens with zero attached hydrogens (tertiary/aromatic N) is 1. The monoisotopic (exact) mass is 268 g/mol. The van der Waals surface area contributed by atoms with Crippen LogP contribution in [0.25, 0.3) is 16.5 Å². The lowest BCUT2D eigenvalue weighted by Crippen LogP contribution is -2.31. The van der Waals surface area contributed by atoms with Crippen LogP contribution in [-0.2, 0) is 9.53 Å².